The summed E-state index contributed by atoms with van der Waals surface area (Å²) in [5.41, 5.74) is 1.57. The van der Waals surface area contributed by atoms with Gasteiger partial charge in [-0.05, 0) is 41.9 Å². The number of rotatable bonds is 7. The van der Waals surface area contributed by atoms with Gasteiger partial charge in [0.2, 0.25) is 5.91 Å². The first kappa shape index (κ1) is 21.5. The Hall–Kier alpha value is -1.59. The van der Waals surface area contributed by atoms with E-state index in [4.69, 9.17) is 0 Å². The minimum absolute atomic E-state index is 0.118. The van der Waals surface area contributed by atoms with Crippen LogP contribution in [0.5, 0.6) is 5.75 Å². The molecule has 0 fully saturated rings. The van der Waals surface area contributed by atoms with Crippen molar-refractivity contribution in [1.82, 2.24) is 4.90 Å². The predicted molar refractivity (Wildman–Crippen MR) is 99.8 cm³/mol. The topological polar surface area (TPSA) is 81.0 Å². The Bertz CT molecular complexity index is 592. The number of carbonyl (C=O) groups excluding carboxylic acids is 1. The molecule has 0 unspecified atom stereocenters. The number of aryl methyl sites for hydroxylation is 2. The molecule has 3 N–H and O–H groups in total. The van der Waals surface area contributed by atoms with E-state index in [1.165, 1.54) is 4.90 Å². The van der Waals surface area contributed by atoms with Crippen LogP contribution >= 0.6 is 0 Å². The number of aromatic hydroxyl groups is 1. The number of nitrogens with zero attached hydrogens (tertiary/aromatic N) is 1. The average Bonchev–Trinajstić information content (AvgIpc) is 2.56. The summed E-state index contributed by atoms with van der Waals surface area (Å²) in [6, 6.07) is 3.86. The van der Waals surface area contributed by atoms with Crippen LogP contribution in [0.15, 0.2) is 12.1 Å². The summed E-state index contributed by atoms with van der Waals surface area (Å²) >= 11 is 0. The lowest BCUT2D eigenvalue weighted by atomic mass is 9.83. The number of amides is 1. The van der Waals surface area contributed by atoms with Crippen molar-refractivity contribution in [2.75, 3.05) is 20.3 Å². The van der Waals surface area contributed by atoms with Gasteiger partial charge in [-0.2, -0.15) is 0 Å². The quantitative estimate of drug-likeness (QED) is 0.705. The second-order valence-electron chi connectivity index (χ2n) is 7.91. The second kappa shape index (κ2) is 8.19. The number of aliphatic hydroxyl groups excluding tert-OH is 2. The Morgan fingerprint density at radius 3 is 2.16 bits per heavy atom. The Kier molecular flexibility index (Phi) is 7.03. The maximum absolute atomic E-state index is 12.5. The molecule has 0 atom stereocenters. The molecule has 0 aliphatic rings. The lowest BCUT2D eigenvalue weighted by molar-refractivity contribution is -0.140. The molecule has 142 valence electrons. The van der Waals surface area contributed by atoms with Crippen molar-refractivity contribution in [3.8, 4) is 5.75 Å². The van der Waals surface area contributed by atoms with E-state index in [-0.39, 0.29) is 31.0 Å². The van der Waals surface area contributed by atoms with Gasteiger partial charge in [-0.15, -0.1) is 0 Å². The lowest BCUT2D eigenvalue weighted by Crippen LogP contribution is -2.54. The van der Waals surface area contributed by atoms with Crippen LogP contribution in [0.2, 0.25) is 0 Å². The van der Waals surface area contributed by atoms with E-state index in [1.54, 1.807) is 7.05 Å². The van der Waals surface area contributed by atoms with Crippen LogP contribution in [-0.4, -0.2) is 51.9 Å². The number of hydrogen-bond donors (Lipinski definition) is 3. The number of aliphatic hydroxyl groups is 2. The zero-order chi connectivity index (χ0) is 19.4. The van der Waals surface area contributed by atoms with Gasteiger partial charge in [0, 0.05) is 13.5 Å². The molecule has 0 saturated heterocycles. The molecule has 25 heavy (non-hydrogen) atoms. The van der Waals surface area contributed by atoms with Crippen molar-refractivity contribution in [3.05, 3.63) is 28.8 Å². The minimum Gasteiger partial charge on any atom is -0.507 e. The second-order valence-corrected chi connectivity index (χ2v) is 7.91. The molecule has 0 aliphatic heterocycles. The molecular formula is C20H33NO4. The van der Waals surface area contributed by atoms with Crippen molar-refractivity contribution in [1.29, 1.82) is 0 Å². The molecule has 0 saturated carbocycles. The van der Waals surface area contributed by atoms with Crippen LogP contribution in [0.3, 0.4) is 0 Å². The molecule has 0 aliphatic carbocycles. The van der Waals surface area contributed by atoms with E-state index in [0.29, 0.717) is 18.6 Å². The van der Waals surface area contributed by atoms with Crippen LogP contribution in [0.25, 0.3) is 0 Å². The number of phenolic OH excluding ortho intramolecular Hbond substituents is 1. The summed E-state index contributed by atoms with van der Waals surface area (Å²) < 4.78 is 0. The Morgan fingerprint density at radius 1 is 1.16 bits per heavy atom. The van der Waals surface area contributed by atoms with Gasteiger partial charge in [-0.3, -0.25) is 4.79 Å². The fraction of sp³-hybridized carbons (Fsp3) is 0.650. The predicted octanol–water partition coefficient (Wildman–Crippen LogP) is 2.52. The molecule has 0 radical (unpaired) electrons. The van der Waals surface area contributed by atoms with E-state index in [0.717, 1.165) is 16.7 Å². The Labute approximate surface area is 151 Å². The molecular weight excluding hydrogens is 318 g/mol. The van der Waals surface area contributed by atoms with Gasteiger partial charge in [0.1, 0.15) is 5.75 Å². The monoisotopic (exact) mass is 351 g/mol. The van der Waals surface area contributed by atoms with Crippen LogP contribution in [0.4, 0.5) is 0 Å². The highest BCUT2D eigenvalue weighted by atomic mass is 16.3. The summed E-state index contributed by atoms with van der Waals surface area (Å²) in [5, 5.41) is 29.5. The molecule has 1 amide bonds. The maximum Gasteiger partial charge on any atom is 0.223 e. The lowest BCUT2D eigenvalue weighted by Gasteiger charge is -2.38. The molecule has 1 aromatic carbocycles. The van der Waals surface area contributed by atoms with E-state index < -0.39 is 5.54 Å². The van der Waals surface area contributed by atoms with Crippen LogP contribution in [0, 0.1) is 6.92 Å². The first-order valence-corrected chi connectivity index (χ1v) is 8.83. The van der Waals surface area contributed by atoms with Gasteiger partial charge < -0.3 is 20.2 Å². The van der Waals surface area contributed by atoms with Gasteiger partial charge in [0.15, 0.2) is 0 Å². The molecule has 5 heteroatoms. The van der Waals surface area contributed by atoms with Crippen molar-refractivity contribution >= 4 is 5.91 Å². The molecule has 0 bridgehead atoms. The number of carbonyl (C=O) groups is 1. The average molecular weight is 351 g/mol. The number of likely N-dealkylation sites (N-methyl/N-ethyl adjacent to an activating group) is 1. The largest absolute Gasteiger partial charge is 0.507 e. The number of hydrogen-bond acceptors (Lipinski definition) is 4. The van der Waals surface area contributed by atoms with Crippen molar-refractivity contribution < 1.29 is 20.1 Å². The minimum atomic E-state index is -0.918. The fourth-order valence-electron chi connectivity index (χ4n) is 2.98. The SMILES string of the molecule is CCC(CO)(CO)N(C)C(=O)CCc1cc(C)c(O)c(C(C)(C)C)c1. The standard InChI is InChI=1S/C20H33NO4/c1-7-20(12-22,13-23)21(6)17(24)9-8-15-10-14(2)18(25)16(11-15)19(3,4)5/h10-11,22-23,25H,7-9,12-13H2,1-6H3. The molecule has 1 aromatic rings. The maximum atomic E-state index is 12.5. The van der Waals surface area contributed by atoms with Crippen molar-refractivity contribution in [3.63, 3.8) is 0 Å². The zero-order valence-electron chi connectivity index (χ0n) is 16.4. The van der Waals surface area contributed by atoms with E-state index in [2.05, 4.69) is 0 Å². The molecule has 0 heterocycles. The van der Waals surface area contributed by atoms with E-state index in [1.807, 2.05) is 46.8 Å². The normalized spacial score (nSPS) is 12.3. The highest BCUT2D eigenvalue weighted by Gasteiger charge is 2.34. The van der Waals surface area contributed by atoms with E-state index >= 15 is 0 Å². The third-order valence-electron chi connectivity index (χ3n) is 5.13. The van der Waals surface area contributed by atoms with Crippen LogP contribution in [-0.2, 0) is 16.6 Å². The van der Waals surface area contributed by atoms with Crippen molar-refractivity contribution in [2.45, 2.75) is 64.8 Å². The summed E-state index contributed by atoms with van der Waals surface area (Å²) in [5.74, 6) is 0.193. The van der Waals surface area contributed by atoms with Gasteiger partial charge in [0.05, 0.1) is 18.8 Å². The van der Waals surface area contributed by atoms with Gasteiger partial charge >= 0.3 is 0 Å². The summed E-state index contributed by atoms with van der Waals surface area (Å²) in [4.78, 5) is 14.0. The van der Waals surface area contributed by atoms with Crippen LogP contribution in [0.1, 0.15) is 57.2 Å². The first-order valence-electron chi connectivity index (χ1n) is 8.83. The molecule has 5 nitrogen and oxygen atoms in total. The summed E-state index contributed by atoms with van der Waals surface area (Å²) in [7, 11) is 1.63. The third-order valence-corrected chi connectivity index (χ3v) is 5.13. The third kappa shape index (κ3) is 4.73. The van der Waals surface area contributed by atoms with Crippen LogP contribution < -0.4 is 0 Å². The Balaban J connectivity index is 2.95. The molecule has 1 rings (SSSR count). The molecule has 0 spiro atoms. The summed E-state index contributed by atoms with van der Waals surface area (Å²) in [6.07, 6.45) is 1.31. The zero-order valence-corrected chi connectivity index (χ0v) is 16.4. The smallest absolute Gasteiger partial charge is 0.223 e. The summed E-state index contributed by atoms with van der Waals surface area (Å²) in [6.45, 7) is 9.30. The van der Waals surface area contributed by atoms with Gasteiger partial charge in [-0.25, -0.2) is 0 Å². The van der Waals surface area contributed by atoms with Crippen molar-refractivity contribution in [2.24, 2.45) is 0 Å². The van der Waals surface area contributed by atoms with Gasteiger partial charge in [0.25, 0.3) is 0 Å². The fourth-order valence-corrected chi connectivity index (χ4v) is 2.98. The highest BCUT2D eigenvalue weighted by molar-refractivity contribution is 5.77. The molecule has 0 aromatic heterocycles. The number of phenols is 1. The highest BCUT2D eigenvalue weighted by Crippen LogP contribution is 2.34. The first-order chi connectivity index (χ1) is 11.5. The number of benzene rings is 1. The van der Waals surface area contributed by atoms with E-state index in [9.17, 15) is 20.1 Å². The van der Waals surface area contributed by atoms with Gasteiger partial charge in [-0.1, -0.05) is 39.8 Å². The Morgan fingerprint density at radius 2 is 1.72 bits per heavy atom.